The van der Waals surface area contributed by atoms with Crippen molar-refractivity contribution in [2.75, 3.05) is 26.3 Å². The molecule has 0 saturated carbocycles. The van der Waals surface area contributed by atoms with E-state index in [9.17, 15) is 9.59 Å². The van der Waals surface area contributed by atoms with Gasteiger partial charge >= 0.3 is 0 Å². The lowest BCUT2D eigenvalue weighted by Gasteiger charge is -2.28. The average molecular weight is 404 g/mol. The van der Waals surface area contributed by atoms with Gasteiger partial charge in [-0.05, 0) is 42.8 Å². The van der Waals surface area contributed by atoms with Crippen LogP contribution in [0, 0.1) is 0 Å². The molecule has 154 valence electrons. The van der Waals surface area contributed by atoms with Gasteiger partial charge in [-0.1, -0.05) is 36.4 Å². The number of nitrogens with zero attached hydrogens (tertiary/aromatic N) is 1. The summed E-state index contributed by atoms with van der Waals surface area (Å²) in [5, 5.41) is 2.82. The summed E-state index contributed by atoms with van der Waals surface area (Å²) in [5.41, 5.74) is 2.48. The Morgan fingerprint density at radius 2 is 1.73 bits per heavy atom. The van der Waals surface area contributed by atoms with Crippen LogP contribution in [0.4, 0.5) is 0 Å². The van der Waals surface area contributed by atoms with E-state index in [1.807, 2.05) is 43.3 Å². The predicted octanol–water partition coefficient (Wildman–Crippen LogP) is 3.02. The first-order chi connectivity index (χ1) is 14.6. The number of rotatable bonds is 4. The Morgan fingerprint density at radius 1 is 1.03 bits per heavy atom. The summed E-state index contributed by atoms with van der Waals surface area (Å²) < 4.78 is 11.3. The SMILES string of the molecule is CC1Oc2ccccc2C=C1/C=C(\NC(=O)c1ccccc1)C(=O)N1CCOCC1. The van der Waals surface area contributed by atoms with Crippen molar-refractivity contribution in [1.82, 2.24) is 10.2 Å². The molecule has 6 nitrogen and oxygen atoms in total. The summed E-state index contributed by atoms with van der Waals surface area (Å²) in [5.74, 6) is 0.250. The molecule has 2 aromatic rings. The van der Waals surface area contributed by atoms with Crippen molar-refractivity contribution >= 4 is 17.9 Å². The molecule has 0 spiro atoms. The van der Waals surface area contributed by atoms with E-state index in [0.29, 0.717) is 31.9 Å². The Bertz CT molecular complexity index is 991. The fourth-order valence-electron chi connectivity index (χ4n) is 3.46. The van der Waals surface area contributed by atoms with Gasteiger partial charge in [0, 0.05) is 24.2 Å². The molecule has 1 fully saturated rings. The third-order valence-corrected chi connectivity index (χ3v) is 5.14. The molecular weight excluding hydrogens is 380 g/mol. The lowest BCUT2D eigenvalue weighted by atomic mass is 10.0. The van der Waals surface area contributed by atoms with Gasteiger partial charge in [-0.2, -0.15) is 0 Å². The van der Waals surface area contributed by atoms with Gasteiger partial charge in [0.2, 0.25) is 0 Å². The second-order valence-electron chi connectivity index (χ2n) is 7.22. The number of benzene rings is 2. The highest BCUT2D eigenvalue weighted by molar-refractivity contribution is 6.03. The first kappa shape index (κ1) is 19.9. The molecule has 1 atom stereocenters. The molecule has 4 rings (SSSR count). The zero-order valence-electron chi connectivity index (χ0n) is 16.8. The highest BCUT2D eigenvalue weighted by Crippen LogP contribution is 2.30. The molecule has 2 aliphatic heterocycles. The molecule has 30 heavy (non-hydrogen) atoms. The summed E-state index contributed by atoms with van der Waals surface area (Å²) in [7, 11) is 0. The van der Waals surface area contributed by atoms with E-state index < -0.39 is 0 Å². The molecule has 0 radical (unpaired) electrons. The van der Waals surface area contributed by atoms with Crippen LogP contribution >= 0.6 is 0 Å². The first-order valence-electron chi connectivity index (χ1n) is 10.0. The summed E-state index contributed by atoms with van der Waals surface area (Å²) in [6.07, 6.45) is 3.46. The van der Waals surface area contributed by atoms with Crippen LogP contribution in [-0.2, 0) is 9.53 Å². The Hall–Kier alpha value is -3.38. The average Bonchev–Trinajstić information content (AvgIpc) is 2.79. The minimum Gasteiger partial charge on any atom is -0.485 e. The van der Waals surface area contributed by atoms with Crippen LogP contribution in [0.5, 0.6) is 5.75 Å². The van der Waals surface area contributed by atoms with E-state index in [2.05, 4.69) is 5.32 Å². The standard InChI is InChI=1S/C24H24N2O4/c1-17-20(15-19-9-5-6-10-22(19)30-17)16-21(24(28)26-11-13-29-14-12-26)25-23(27)18-7-3-2-4-8-18/h2-10,15-17H,11-14H2,1H3,(H,25,27)/b21-16-. The predicted molar refractivity (Wildman–Crippen MR) is 114 cm³/mol. The van der Waals surface area contributed by atoms with Gasteiger partial charge in [0.25, 0.3) is 11.8 Å². The van der Waals surface area contributed by atoms with Crippen molar-refractivity contribution in [3.63, 3.8) is 0 Å². The Labute approximate surface area is 175 Å². The maximum Gasteiger partial charge on any atom is 0.270 e. The number of amides is 2. The summed E-state index contributed by atoms with van der Waals surface area (Å²) in [6, 6.07) is 16.6. The maximum atomic E-state index is 13.2. The van der Waals surface area contributed by atoms with Crippen molar-refractivity contribution in [3.8, 4) is 5.75 Å². The van der Waals surface area contributed by atoms with Crippen LogP contribution in [0.1, 0.15) is 22.8 Å². The fourth-order valence-corrected chi connectivity index (χ4v) is 3.46. The molecule has 2 aliphatic rings. The Kier molecular flexibility index (Phi) is 5.95. The van der Waals surface area contributed by atoms with Gasteiger partial charge in [0.05, 0.1) is 13.2 Å². The molecule has 1 unspecified atom stereocenters. The van der Waals surface area contributed by atoms with Crippen LogP contribution in [-0.4, -0.2) is 49.1 Å². The normalized spacial score (nSPS) is 18.7. The highest BCUT2D eigenvalue weighted by atomic mass is 16.5. The number of fused-ring (bicyclic) bond motifs is 1. The monoisotopic (exact) mass is 404 g/mol. The van der Waals surface area contributed by atoms with Gasteiger partial charge < -0.3 is 19.7 Å². The molecule has 2 heterocycles. The number of hydrogen-bond acceptors (Lipinski definition) is 4. The zero-order chi connectivity index (χ0) is 20.9. The van der Waals surface area contributed by atoms with Crippen LogP contribution in [0.3, 0.4) is 0 Å². The van der Waals surface area contributed by atoms with Gasteiger partial charge in [-0.3, -0.25) is 9.59 Å². The number of carbonyl (C=O) groups is 2. The van der Waals surface area contributed by atoms with Crippen molar-refractivity contribution in [2.45, 2.75) is 13.0 Å². The lowest BCUT2D eigenvalue weighted by Crippen LogP contribution is -2.44. The van der Waals surface area contributed by atoms with Crippen LogP contribution in [0.15, 0.2) is 71.9 Å². The number of ether oxygens (including phenoxy) is 2. The summed E-state index contributed by atoms with van der Waals surface area (Å²) in [6.45, 7) is 3.88. The van der Waals surface area contributed by atoms with Crippen LogP contribution in [0.2, 0.25) is 0 Å². The molecular formula is C24H24N2O4. The third-order valence-electron chi connectivity index (χ3n) is 5.14. The van der Waals surface area contributed by atoms with Crippen molar-refractivity contribution in [3.05, 3.63) is 83.1 Å². The van der Waals surface area contributed by atoms with E-state index in [-0.39, 0.29) is 23.6 Å². The summed E-state index contributed by atoms with van der Waals surface area (Å²) in [4.78, 5) is 27.7. The number of carbonyl (C=O) groups excluding carboxylic acids is 2. The number of nitrogens with one attached hydrogen (secondary N) is 1. The Morgan fingerprint density at radius 3 is 2.50 bits per heavy atom. The topological polar surface area (TPSA) is 67.9 Å². The maximum absolute atomic E-state index is 13.2. The van der Waals surface area contributed by atoms with E-state index in [4.69, 9.17) is 9.47 Å². The Balaban J connectivity index is 1.66. The van der Waals surface area contributed by atoms with Gasteiger partial charge in [0.15, 0.2) is 0 Å². The van der Waals surface area contributed by atoms with Gasteiger partial charge in [-0.25, -0.2) is 0 Å². The smallest absolute Gasteiger partial charge is 0.270 e. The molecule has 0 aromatic heterocycles. The van der Waals surface area contributed by atoms with Gasteiger partial charge in [-0.15, -0.1) is 0 Å². The first-order valence-corrected chi connectivity index (χ1v) is 10.0. The van der Waals surface area contributed by atoms with E-state index >= 15 is 0 Å². The van der Waals surface area contributed by atoms with E-state index in [1.165, 1.54) is 0 Å². The number of para-hydroxylation sites is 1. The second kappa shape index (κ2) is 8.97. The number of hydrogen-bond donors (Lipinski definition) is 1. The van der Waals surface area contributed by atoms with Crippen molar-refractivity contribution < 1.29 is 19.1 Å². The highest BCUT2D eigenvalue weighted by Gasteiger charge is 2.25. The molecule has 0 aliphatic carbocycles. The minimum absolute atomic E-state index is 0.227. The summed E-state index contributed by atoms with van der Waals surface area (Å²) >= 11 is 0. The quantitative estimate of drug-likeness (QED) is 0.796. The van der Waals surface area contributed by atoms with E-state index in [0.717, 1.165) is 16.9 Å². The second-order valence-corrected chi connectivity index (χ2v) is 7.22. The zero-order valence-corrected chi connectivity index (χ0v) is 16.8. The van der Waals surface area contributed by atoms with Crippen LogP contribution in [0.25, 0.3) is 6.08 Å². The lowest BCUT2D eigenvalue weighted by molar-refractivity contribution is -0.131. The number of morpholine rings is 1. The fraction of sp³-hybridized carbons (Fsp3) is 0.250. The molecule has 1 N–H and O–H groups in total. The third kappa shape index (κ3) is 4.44. The van der Waals surface area contributed by atoms with Crippen molar-refractivity contribution in [1.29, 1.82) is 0 Å². The molecule has 2 amide bonds. The minimum atomic E-state index is -0.325. The van der Waals surface area contributed by atoms with E-state index in [1.54, 1.807) is 35.2 Å². The molecule has 0 bridgehead atoms. The van der Waals surface area contributed by atoms with Crippen molar-refractivity contribution in [2.24, 2.45) is 0 Å². The van der Waals surface area contributed by atoms with Gasteiger partial charge in [0.1, 0.15) is 17.6 Å². The van der Waals surface area contributed by atoms with Crippen LogP contribution < -0.4 is 10.1 Å². The largest absolute Gasteiger partial charge is 0.485 e. The molecule has 1 saturated heterocycles. The molecule has 2 aromatic carbocycles. The molecule has 6 heteroatoms.